The van der Waals surface area contributed by atoms with E-state index in [1.54, 1.807) is 6.07 Å². The summed E-state index contributed by atoms with van der Waals surface area (Å²) in [4.78, 5) is 36.6. The Labute approximate surface area is 155 Å². The second kappa shape index (κ2) is 8.97. The van der Waals surface area contributed by atoms with E-state index in [2.05, 4.69) is 4.74 Å². The second-order valence-electron chi connectivity index (χ2n) is 5.85. The standard InChI is InChI=1S/C17H22N2O8/c1-25-13-4-3-11(15(20)26-2)9-14(13)27-8-5-12-10-18(16(21)22)6-7-19(12)17(23)24/h3-4,9,12H,5-8,10H2,1-2H3,(H,21,22)(H,23,24)/t12-/m1/s1. The van der Waals surface area contributed by atoms with Crippen LogP contribution in [0.1, 0.15) is 16.8 Å². The van der Waals surface area contributed by atoms with Crippen LogP contribution in [0.15, 0.2) is 18.2 Å². The largest absolute Gasteiger partial charge is 0.493 e. The van der Waals surface area contributed by atoms with E-state index in [9.17, 15) is 19.5 Å². The minimum Gasteiger partial charge on any atom is -0.493 e. The molecule has 2 amide bonds. The molecule has 1 heterocycles. The maximum atomic E-state index is 11.7. The third-order valence-corrected chi connectivity index (χ3v) is 4.29. The first kappa shape index (κ1) is 20.1. The van der Waals surface area contributed by atoms with Gasteiger partial charge in [-0.3, -0.25) is 0 Å². The number of amides is 2. The van der Waals surface area contributed by atoms with Crippen LogP contribution in [0.25, 0.3) is 0 Å². The van der Waals surface area contributed by atoms with Gasteiger partial charge in [-0.2, -0.15) is 0 Å². The molecule has 1 aromatic rings. The van der Waals surface area contributed by atoms with Gasteiger partial charge in [0.05, 0.1) is 32.4 Å². The Bertz CT molecular complexity index is 708. The predicted octanol–water partition coefficient (Wildman–Crippen LogP) is 1.59. The Morgan fingerprint density at radius 3 is 2.44 bits per heavy atom. The lowest BCUT2D eigenvalue weighted by atomic mass is 10.1. The SMILES string of the molecule is COC(=O)c1ccc(OC)c(OCC[C@@H]2CN(C(=O)O)CCN2C(=O)O)c1. The van der Waals surface area contributed by atoms with Gasteiger partial charge in [0.2, 0.25) is 0 Å². The number of hydrogen-bond donors (Lipinski definition) is 2. The molecule has 148 valence electrons. The van der Waals surface area contributed by atoms with Gasteiger partial charge in [0.15, 0.2) is 11.5 Å². The number of methoxy groups -OCH3 is 2. The van der Waals surface area contributed by atoms with E-state index in [1.807, 2.05) is 0 Å². The first-order chi connectivity index (χ1) is 12.9. The molecule has 0 bridgehead atoms. The van der Waals surface area contributed by atoms with Gasteiger partial charge in [0.25, 0.3) is 0 Å². The van der Waals surface area contributed by atoms with Gasteiger partial charge in [-0.1, -0.05) is 0 Å². The number of carboxylic acid groups (broad SMARTS) is 2. The van der Waals surface area contributed by atoms with Crippen molar-refractivity contribution in [2.24, 2.45) is 0 Å². The van der Waals surface area contributed by atoms with Crippen molar-refractivity contribution in [3.8, 4) is 11.5 Å². The Hall–Kier alpha value is -3.17. The number of rotatable bonds is 6. The summed E-state index contributed by atoms with van der Waals surface area (Å²) in [6.07, 6.45) is -1.91. The molecule has 2 N–H and O–H groups in total. The van der Waals surface area contributed by atoms with Crippen molar-refractivity contribution >= 4 is 18.2 Å². The van der Waals surface area contributed by atoms with Gasteiger partial charge < -0.3 is 34.2 Å². The molecule has 10 heteroatoms. The average molecular weight is 382 g/mol. The molecule has 1 fully saturated rings. The summed E-state index contributed by atoms with van der Waals surface area (Å²) in [6, 6.07) is 4.06. The third-order valence-electron chi connectivity index (χ3n) is 4.29. The van der Waals surface area contributed by atoms with Crippen molar-refractivity contribution < 1.29 is 38.8 Å². The van der Waals surface area contributed by atoms with Gasteiger partial charge in [0.1, 0.15) is 0 Å². The molecular formula is C17H22N2O8. The number of piperazine rings is 1. The number of hydrogen-bond acceptors (Lipinski definition) is 6. The molecule has 1 saturated heterocycles. The fraction of sp³-hybridized carbons (Fsp3) is 0.471. The zero-order chi connectivity index (χ0) is 20.0. The number of benzene rings is 1. The lowest BCUT2D eigenvalue weighted by Crippen LogP contribution is -2.56. The van der Waals surface area contributed by atoms with Crippen LogP contribution >= 0.6 is 0 Å². The monoisotopic (exact) mass is 382 g/mol. The highest BCUT2D eigenvalue weighted by Crippen LogP contribution is 2.29. The smallest absolute Gasteiger partial charge is 0.407 e. The predicted molar refractivity (Wildman–Crippen MR) is 92.6 cm³/mol. The molecule has 1 aromatic carbocycles. The summed E-state index contributed by atoms with van der Waals surface area (Å²) >= 11 is 0. The quantitative estimate of drug-likeness (QED) is 0.711. The normalized spacial score (nSPS) is 16.6. The summed E-state index contributed by atoms with van der Waals surface area (Å²) in [7, 11) is 2.73. The zero-order valence-corrected chi connectivity index (χ0v) is 15.1. The van der Waals surface area contributed by atoms with Crippen LogP contribution in [-0.4, -0.2) is 84.7 Å². The molecule has 27 heavy (non-hydrogen) atoms. The molecule has 0 saturated carbocycles. The molecule has 0 unspecified atom stereocenters. The third kappa shape index (κ3) is 4.93. The first-order valence-corrected chi connectivity index (χ1v) is 8.24. The fourth-order valence-corrected chi connectivity index (χ4v) is 2.87. The molecule has 10 nitrogen and oxygen atoms in total. The minimum absolute atomic E-state index is 0.0737. The van der Waals surface area contributed by atoms with E-state index in [1.165, 1.54) is 36.2 Å². The van der Waals surface area contributed by atoms with Crippen molar-refractivity contribution in [2.75, 3.05) is 40.5 Å². The number of carbonyl (C=O) groups is 3. The van der Waals surface area contributed by atoms with Crippen LogP contribution in [0, 0.1) is 0 Å². The van der Waals surface area contributed by atoms with E-state index >= 15 is 0 Å². The van der Waals surface area contributed by atoms with Gasteiger partial charge >= 0.3 is 18.2 Å². The van der Waals surface area contributed by atoms with E-state index in [-0.39, 0.29) is 38.2 Å². The van der Waals surface area contributed by atoms with Crippen LogP contribution in [0.4, 0.5) is 9.59 Å². The number of esters is 1. The first-order valence-electron chi connectivity index (χ1n) is 8.24. The summed E-state index contributed by atoms with van der Waals surface area (Å²) in [5.74, 6) is 0.200. The van der Waals surface area contributed by atoms with Crippen LogP contribution in [0.3, 0.4) is 0 Å². The molecule has 0 radical (unpaired) electrons. The van der Waals surface area contributed by atoms with Gasteiger partial charge in [-0.05, 0) is 18.2 Å². The zero-order valence-electron chi connectivity index (χ0n) is 15.1. The molecule has 1 atom stereocenters. The maximum absolute atomic E-state index is 11.7. The van der Waals surface area contributed by atoms with Gasteiger partial charge in [-0.25, -0.2) is 14.4 Å². The number of ether oxygens (including phenoxy) is 3. The summed E-state index contributed by atoms with van der Waals surface area (Å²) < 4.78 is 15.5. The highest BCUT2D eigenvalue weighted by molar-refractivity contribution is 5.90. The van der Waals surface area contributed by atoms with Crippen molar-refractivity contribution in [3.05, 3.63) is 23.8 Å². The van der Waals surface area contributed by atoms with Gasteiger partial charge in [-0.15, -0.1) is 0 Å². The van der Waals surface area contributed by atoms with E-state index in [0.717, 1.165) is 0 Å². The molecule has 1 aliphatic rings. The second-order valence-corrected chi connectivity index (χ2v) is 5.85. The molecule has 2 rings (SSSR count). The lowest BCUT2D eigenvalue weighted by molar-refractivity contribution is 0.0559. The Kier molecular flexibility index (Phi) is 6.69. The fourth-order valence-electron chi connectivity index (χ4n) is 2.87. The van der Waals surface area contributed by atoms with Crippen molar-refractivity contribution in [3.63, 3.8) is 0 Å². The molecule has 0 spiro atoms. The Balaban J connectivity index is 2.05. The van der Waals surface area contributed by atoms with Crippen molar-refractivity contribution in [2.45, 2.75) is 12.5 Å². The van der Waals surface area contributed by atoms with E-state index in [4.69, 9.17) is 14.6 Å². The summed E-state index contributed by atoms with van der Waals surface area (Å²) in [6.45, 7) is 0.425. The van der Waals surface area contributed by atoms with E-state index in [0.29, 0.717) is 11.5 Å². The summed E-state index contributed by atoms with van der Waals surface area (Å²) in [5.41, 5.74) is 0.287. The van der Waals surface area contributed by atoms with E-state index < -0.39 is 24.2 Å². The average Bonchev–Trinajstić information content (AvgIpc) is 2.66. The maximum Gasteiger partial charge on any atom is 0.407 e. The number of carbonyl (C=O) groups excluding carboxylic acids is 1. The lowest BCUT2D eigenvalue weighted by Gasteiger charge is -2.38. The molecule has 1 aliphatic heterocycles. The highest BCUT2D eigenvalue weighted by Gasteiger charge is 2.32. The highest BCUT2D eigenvalue weighted by atomic mass is 16.5. The number of nitrogens with zero attached hydrogens (tertiary/aromatic N) is 2. The van der Waals surface area contributed by atoms with Crippen LogP contribution < -0.4 is 9.47 Å². The van der Waals surface area contributed by atoms with Crippen LogP contribution in [0.5, 0.6) is 11.5 Å². The Morgan fingerprint density at radius 1 is 1.11 bits per heavy atom. The minimum atomic E-state index is -1.10. The van der Waals surface area contributed by atoms with Crippen molar-refractivity contribution in [1.82, 2.24) is 9.80 Å². The van der Waals surface area contributed by atoms with Gasteiger partial charge in [0, 0.05) is 26.1 Å². The van der Waals surface area contributed by atoms with Crippen LogP contribution in [0.2, 0.25) is 0 Å². The molecule has 0 aliphatic carbocycles. The topological polar surface area (TPSA) is 126 Å². The summed E-state index contributed by atoms with van der Waals surface area (Å²) in [5, 5.41) is 18.4. The molecule has 0 aromatic heterocycles. The Morgan fingerprint density at radius 2 is 1.85 bits per heavy atom. The van der Waals surface area contributed by atoms with Crippen LogP contribution in [-0.2, 0) is 4.74 Å². The van der Waals surface area contributed by atoms with Crippen molar-refractivity contribution in [1.29, 1.82) is 0 Å². The molecular weight excluding hydrogens is 360 g/mol.